The number of rotatable bonds is 6. The van der Waals surface area contributed by atoms with Crippen LogP contribution < -0.4 is 0 Å². The minimum Gasteiger partial charge on any atom is -0.378 e. The van der Waals surface area contributed by atoms with Crippen molar-refractivity contribution in [1.29, 1.82) is 0 Å². The van der Waals surface area contributed by atoms with Crippen LogP contribution in [-0.2, 0) is 14.2 Å². The molecule has 0 aromatic carbocycles. The lowest BCUT2D eigenvalue weighted by atomic mass is 9.63. The smallest absolute Gasteiger partial charge is 0.378 e. The van der Waals surface area contributed by atoms with E-state index in [1.807, 2.05) is 0 Å². The van der Waals surface area contributed by atoms with Gasteiger partial charge in [0.2, 0.25) is 0 Å². The number of fused-ring (bicyclic) bond motifs is 1. The molecule has 0 N–H and O–H groups in total. The Morgan fingerprint density at radius 1 is 0.581 bits per heavy atom. The molecule has 0 amide bonds. The largest absolute Gasteiger partial charge is 0.522 e. The van der Waals surface area contributed by atoms with Gasteiger partial charge in [0.05, 0.1) is 18.8 Å². The Balaban J connectivity index is 1.15. The van der Waals surface area contributed by atoms with E-state index in [0.717, 1.165) is 19.3 Å². The first-order valence-corrected chi connectivity index (χ1v) is 15.7. The highest BCUT2D eigenvalue weighted by molar-refractivity contribution is 4.99. The fourth-order valence-corrected chi connectivity index (χ4v) is 8.71. The fourth-order valence-electron chi connectivity index (χ4n) is 8.71. The van der Waals surface area contributed by atoms with E-state index in [9.17, 15) is 22.0 Å². The van der Waals surface area contributed by atoms with Crippen LogP contribution in [0.15, 0.2) is 0 Å². The van der Waals surface area contributed by atoms with Gasteiger partial charge in [0.15, 0.2) is 0 Å². The summed E-state index contributed by atoms with van der Waals surface area (Å²) in [4.78, 5) is 0. The first-order chi connectivity index (χ1) is 20.1. The third kappa shape index (κ3) is 7.77. The van der Waals surface area contributed by atoms with Gasteiger partial charge in [-0.15, -0.1) is 13.2 Å². The molecule has 5 rings (SSSR count). The van der Waals surface area contributed by atoms with Gasteiger partial charge < -0.3 is 9.47 Å². The van der Waals surface area contributed by atoms with E-state index in [-0.39, 0.29) is 24.9 Å². The van der Waals surface area contributed by atoms with Crippen molar-refractivity contribution in [1.82, 2.24) is 0 Å². The van der Waals surface area contributed by atoms with Crippen LogP contribution in [0, 0.1) is 41.4 Å². The lowest BCUT2D eigenvalue weighted by Gasteiger charge is -2.49. The van der Waals surface area contributed by atoms with Crippen molar-refractivity contribution >= 4 is 0 Å². The molecule has 13 heteroatoms. The van der Waals surface area contributed by atoms with Crippen molar-refractivity contribution < 1.29 is 58.1 Å². The topological polar surface area (TPSA) is 27.7 Å². The van der Waals surface area contributed by atoms with Gasteiger partial charge in [0, 0.05) is 12.8 Å². The summed E-state index contributed by atoms with van der Waals surface area (Å²) in [6.45, 7) is 2.82. The van der Waals surface area contributed by atoms with Gasteiger partial charge in [-0.3, -0.25) is 4.74 Å². The Hall–Kier alpha value is -0.820. The van der Waals surface area contributed by atoms with E-state index >= 15 is 22.0 Å². The van der Waals surface area contributed by atoms with E-state index in [4.69, 9.17) is 4.74 Å². The molecule has 0 aromatic rings. The van der Waals surface area contributed by atoms with Crippen LogP contribution >= 0.6 is 0 Å². The number of halogens is 10. The van der Waals surface area contributed by atoms with Crippen molar-refractivity contribution in [2.75, 3.05) is 6.61 Å². The summed E-state index contributed by atoms with van der Waals surface area (Å²) in [5.41, 5.74) is 0. The molecule has 1 saturated heterocycles. The van der Waals surface area contributed by atoms with E-state index in [0.29, 0.717) is 24.4 Å². The van der Waals surface area contributed by atoms with Crippen LogP contribution in [-0.4, -0.2) is 68.2 Å². The van der Waals surface area contributed by atoms with Crippen molar-refractivity contribution in [3.8, 4) is 0 Å². The molecule has 0 radical (unpaired) electrons. The summed E-state index contributed by atoms with van der Waals surface area (Å²) in [6.07, 6.45) is -23.2. The summed E-state index contributed by atoms with van der Waals surface area (Å²) in [6, 6.07) is 0. The Morgan fingerprint density at radius 3 is 1.74 bits per heavy atom. The average Bonchev–Trinajstić information content (AvgIpc) is 2.89. The molecule has 0 bridgehead atoms. The zero-order chi connectivity index (χ0) is 31.3. The standard InChI is InChI=1S/C30H42F10O3/c1-14-2-4-15(5-3-14)18-6-17-9-21(31)20(12-26(17)41-13-18)16-7-22(32)27(23(33)8-16)29(36,37)42-19-10-24(34)28(25(35)11-19)43-30(38,39)40/h14-28H,2-13H2,1H3. The minimum atomic E-state index is -5.34. The molecule has 4 saturated carbocycles. The third-order valence-electron chi connectivity index (χ3n) is 11.0. The van der Waals surface area contributed by atoms with Gasteiger partial charge >= 0.3 is 12.5 Å². The second-order valence-electron chi connectivity index (χ2n) is 13.9. The summed E-state index contributed by atoms with van der Waals surface area (Å²) >= 11 is 0. The lowest BCUT2D eigenvalue weighted by Crippen LogP contribution is -2.54. The highest BCUT2D eigenvalue weighted by Crippen LogP contribution is 2.51. The first kappa shape index (κ1) is 33.5. The predicted molar refractivity (Wildman–Crippen MR) is 136 cm³/mol. The van der Waals surface area contributed by atoms with Crippen molar-refractivity contribution in [3.05, 3.63) is 0 Å². The van der Waals surface area contributed by atoms with Crippen LogP contribution in [0.4, 0.5) is 43.9 Å². The second-order valence-corrected chi connectivity index (χ2v) is 13.9. The van der Waals surface area contributed by atoms with Crippen LogP contribution in [0.3, 0.4) is 0 Å². The van der Waals surface area contributed by atoms with Crippen molar-refractivity contribution in [2.24, 2.45) is 41.4 Å². The normalized spacial score (nSPS) is 48.5. The average molecular weight is 641 g/mol. The molecule has 43 heavy (non-hydrogen) atoms. The summed E-state index contributed by atoms with van der Waals surface area (Å²) < 4.78 is 156. The van der Waals surface area contributed by atoms with Crippen molar-refractivity contribution in [3.63, 3.8) is 0 Å². The minimum absolute atomic E-state index is 0.0102. The Labute approximate surface area is 245 Å². The van der Waals surface area contributed by atoms with Crippen LogP contribution in [0.5, 0.6) is 0 Å². The summed E-state index contributed by atoms with van der Waals surface area (Å²) in [5, 5.41) is 0. The number of alkyl halides is 10. The molecule has 3 nitrogen and oxygen atoms in total. The van der Waals surface area contributed by atoms with E-state index in [1.54, 1.807) is 0 Å². The van der Waals surface area contributed by atoms with Crippen LogP contribution in [0.2, 0.25) is 0 Å². The van der Waals surface area contributed by atoms with Crippen LogP contribution in [0.25, 0.3) is 0 Å². The molecule has 5 aliphatic rings. The zero-order valence-corrected chi connectivity index (χ0v) is 24.1. The quantitative estimate of drug-likeness (QED) is 0.272. The fraction of sp³-hybridized carbons (Fsp3) is 1.00. The molecular weight excluding hydrogens is 598 g/mol. The molecular formula is C30H42F10O3. The molecule has 9 atom stereocenters. The van der Waals surface area contributed by atoms with Crippen molar-refractivity contribution in [2.45, 2.75) is 139 Å². The molecule has 0 spiro atoms. The predicted octanol–water partition coefficient (Wildman–Crippen LogP) is 8.64. The van der Waals surface area contributed by atoms with Crippen LogP contribution in [0.1, 0.15) is 77.6 Å². The maximum Gasteiger partial charge on any atom is 0.522 e. The Bertz CT molecular complexity index is 891. The SMILES string of the molecule is CC1CCC(C2COC3CC(C4CC(F)C(C(F)(F)OC5CC(F)C(OC(F)(F)F)C(F)C5)C(F)C4)C(F)CC3C2)CC1. The number of hydrogen-bond donors (Lipinski definition) is 0. The molecule has 1 heterocycles. The first-order valence-electron chi connectivity index (χ1n) is 15.7. The Morgan fingerprint density at radius 2 is 1.16 bits per heavy atom. The highest BCUT2D eigenvalue weighted by atomic mass is 19.4. The molecule has 250 valence electrons. The van der Waals surface area contributed by atoms with E-state index < -0.39 is 99.0 Å². The molecule has 9 unspecified atom stereocenters. The lowest BCUT2D eigenvalue weighted by molar-refractivity contribution is -0.366. The third-order valence-corrected chi connectivity index (χ3v) is 11.0. The monoisotopic (exact) mass is 640 g/mol. The van der Waals surface area contributed by atoms with E-state index in [1.165, 1.54) is 12.8 Å². The Kier molecular flexibility index (Phi) is 10.2. The highest BCUT2D eigenvalue weighted by Gasteiger charge is 2.58. The number of ether oxygens (including phenoxy) is 3. The van der Waals surface area contributed by atoms with Gasteiger partial charge in [-0.1, -0.05) is 19.8 Å². The van der Waals surface area contributed by atoms with Gasteiger partial charge in [0.1, 0.15) is 42.9 Å². The van der Waals surface area contributed by atoms with Gasteiger partial charge in [-0.05, 0) is 80.5 Å². The molecule has 4 aliphatic carbocycles. The maximum atomic E-state index is 15.5. The van der Waals surface area contributed by atoms with Gasteiger partial charge in [-0.25, -0.2) is 22.0 Å². The zero-order valence-electron chi connectivity index (χ0n) is 24.1. The summed E-state index contributed by atoms with van der Waals surface area (Å²) in [7, 11) is 0. The summed E-state index contributed by atoms with van der Waals surface area (Å²) in [5.74, 6) is -2.53. The molecule has 5 fully saturated rings. The maximum absolute atomic E-state index is 15.5. The molecule has 0 aromatic heterocycles. The molecule has 1 aliphatic heterocycles. The number of hydrogen-bond acceptors (Lipinski definition) is 3. The van der Waals surface area contributed by atoms with Gasteiger partial charge in [0.25, 0.3) is 0 Å². The van der Waals surface area contributed by atoms with Gasteiger partial charge in [-0.2, -0.15) is 8.78 Å². The second kappa shape index (κ2) is 13.1. The van der Waals surface area contributed by atoms with E-state index in [2.05, 4.69) is 16.4 Å².